The zero-order valence-corrected chi connectivity index (χ0v) is 18.1. The third-order valence-electron chi connectivity index (χ3n) is 6.50. The summed E-state index contributed by atoms with van der Waals surface area (Å²) in [5, 5.41) is 7.87. The summed E-state index contributed by atoms with van der Waals surface area (Å²) in [5.41, 5.74) is 3.86. The molecule has 2 fully saturated rings. The molecule has 2 heterocycles. The Morgan fingerprint density at radius 2 is 2.03 bits per heavy atom. The number of piperidine rings is 1. The third-order valence-corrected chi connectivity index (χ3v) is 8.17. The predicted molar refractivity (Wildman–Crippen MR) is 120 cm³/mol. The molecule has 2 aromatic carbocycles. The van der Waals surface area contributed by atoms with Gasteiger partial charge in [-0.1, -0.05) is 29.8 Å². The molecule has 2 aromatic rings. The number of hydrogen-bond acceptors (Lipinski definition) is 4. The first-order valence-electron chi connectivity index (χ1n) is 10.7. The summed E-state index contributed by atoms with van der Waals surface area (Å²) >= 11 is 4.87. The van der Waals surface area contributed by atoms with Crippen LogP contribution in [0.3, 0.4) is 0 Å². The van der Waals surface area contributed by atoms with Gasteiger partial charge < -0.3 is 15.2 Å². The number of hydrogen-bond donors (Lipinski definition) is 2. The van der Waals surface area contributed by atoms with E-state index in [-0.39, 0.29) is 0 Å². The lowest BCUT2D eigenvalue weighted by molar-refractivity contribution is 0.355. The van der Waals surface area contributed by atoms with Crippen LogP contribution in [0.25, 0.3) is 0 Å². The van der Waals surface area contributed by atoms with E-state index in [0.717, 1.165) is 36.0 Å². The average molecular weight is 430 g/mol. The quantitative estimate of drug-likeness (QED) is 0.684. The van der Waals surface area contributed by atoms with Crippen molar-refractivity contribution in [3.8, 4) is 0 Å². The molecule has 4 nitrogen and oxygen atoms in total. The zero-order chi connectivity index (χ0) is 19.8. The van der Waals surface area contributed by atoms with Gasteiger partial charge in [-0.05, 0) is 80.6 Å². The van der Waals surface area contributed by atoms with Crippen LogP contribution in [-0.2, 0) is 17.8 Å². The van der Waals surface area contributed by atoms with Gasteiger partial charge in [0, 0.05) is 23.0 Å². The number of nitrogens with zero attached hydrogens (tertiary/aromatic N) is 1. The highest BCUT2D eigenvalue weighted by Gasteiger charge is 2.39. The molecular weight excluding hydrogens is 402 g/mol. The van der Waals surface area contributed by atoms with Crippen molar-refractivity contribution in [1.82, 2.24) is 10.6 Å². The second kappa shape index (κ2) is 8.48. The highest BCUT2D eigenvalue weighted by atomic mass is 35.5. The molecule has 0 bridgehead atoms. The summed E-state index contributed by atoms with van der Waals surface area (Å²) in [7, 11) is 0. The lowest BCUT2D eigenvalue weighted by atomic mass is 9.98. The van der Waals surface area contributed by atoms with E-state index in [1.54, 1.807) is 6.07 Å². The molecule has 29 heavy (non-hydrogen) atoms. The summed E-state index contributed by atoms with van der Waals surface area (Å²) < 4.78 is 15.0. The van der Waals surface area contributed by atoms with Crippen molar-refractivity contribution in [1.29, 1.82) is 0 Å². The predicted octanol–water partition coefficient (Wildman–Crippen LogP) is 3.87. The maximum atomic E-state index is 13.0. The van der Waals surface area contributed by atoms with Gasteiger partial charge in [0.25, 0.3) is 0 Å². The number of nitrogens with one attached hydrogen (secondary N) is 2. The van der Waals surface area contributed by atoms with Gasteiger partial charge in [0.15, 0.2) is 4.90 Å². The van der Waals surface area contributed by atoms with E-state index in [1.165, 1.54) is 43.5 Å². The lowest BCUT2D eigenvalue weighted by Crippen LogP contribution is -2.34. The summed E-state index contributed by atoms with van der Waals surface area (Å²) in [6, 6.07) is 14.7. The Bertz CT molecular complexity index is 873. The van der Waals surface area contributed by atoms with Crippen LogP contribution in [0.15, 0.2) is 47.4 Å². The molecule has 0 amide bonds. The SMILES string of the molecule is [O-][S+](c1cccc(Cl)c1)N1CCc2cc(C3CC3NCC3CCNCC3)ccc21. The first-order chi connectivity index (χ1) is 14.2. The molecule has 6 heteroatoms. The molecule has 3 aliphatic rings. The van der Waals surface area contributed by atoms with E-state index >= 15 is 0 Å². The molecule has 3 unspecified atom stereocenters. The Morgan fingerprint density at radius 3 is 2.86 bits per heavy atom. The smallest absolute Gasteiger partial charge is 0.181 e. The van der Waals surface area contributed by atoms with E-state index in [0.29, 0.717) is 17.0 Å². The van der Waals surface area contributed by atoms with Crippen molar-refractivity contribution in [2.24, 2.45) is 5.92 Å². The standard InChI is InChI=1S/C23H28ClN3OS/c24-19-2-1-3-20(13-19)29(28)27-11-8-18-12-17(4-5-23(18)27)21-14-22(21)26-15-16-6-9-25-10-7-16/h1-5,12-13,16,21-22,25-26H,6-11,14-15H2. The molecule has 0 aromatic heterocycles. The van der Waals surface area contributed by atoms with Crippen LogP contribution >= 0.6 is 11.6 Å². The Labute approximate surface area is 181 Å². The summed E-state index contributed by atoms with van der Waals surface area (Å²) in [6.07, 6.45) is 4.78. The molecule has 154 valence electrons. The Morgan fingerprint density at radius 1 is 1.17 bits per heavy atom. The molecule has 3 atom stereocenters. The van der Waals surface area contributed by atoms with Crippen LogP contribution in [0.2, 0.25) is 5.02 Å². The normalized spacial score (nSPS) is 25.1. The molecule has 0 radical (unpaired) electrons. The highest BCUT2D eigenvalue weighted by Crippen LogP contribution is 2.43. The number of rotatable bonds is 6. The average Bonchev–Trinajstić information content (AvgIpc) is 3.41. The van der Waals surface area contributed by atoms with Gasteiger partial charge in [-0.3, -0.25) is 0 Å². The first kappa shape index (κ1) is 19.7. The maximum absolute atomic E-state index is 13.0. The number of anilines is 1. The number of benzene rings is 2. The topological polar surface area (TPSA) is 50.4 Å². The van der Waals surface area contributed by atoms with Crippen LogP contribution in [0.1, 0.15) is 36.3 Å². The van der Waals surface area contributed by atoms with Crippen molar-refractivity contribution >= 4 is 28.7 Å². The Kier molecular flexibility index (Phi) is 5.76. The molecule has 1 aliphatic carbocycles. The number of halogens is 1. The van der Waals surface area contributed by atoms with Crippen LogP contribution in [0, 0.1) is 5.92 Å². The maximum Gasteiger partial charge on any atom is 0.181 e. The summed E-state index contributed by atoms with van der Waals surface area (Å²) in [4.78, 5) is 0.763. The largest absolute Gasteiger partial charge is 0.588 e. The van der Waals surface area contributed by atoms with Crippen molar-refractivity contribution < 1.29 is 4.55 Å². The van der Waals surface area contributed by atoms with E-state index in [2.05, 4.69) is 28.8 Å². The van der Waals surface area contributed by atoms with Crippen LogP contribution in [0.4, 0.5) is 5.69 Å². The monoisotopic (exact) mass is 429 g/mol. The molecule has 0 spiro atoms. The van der Waals surface area contributed by atoms with Crippen molar-refractivity contribution in [3.05, 3.63) is 58.6 Å². The molecular formula is C23H28ClN3OS. The van der Waals surface area contributed by atoms with Gasteiger partial charge >= 0.3 is 0 Å². The van der Waals surface area contributed by atoms with Crippen LogP contribution in [-0.4, -0.2) is 36.8 Å². The number of fused-ring (bicyclic) bond motifs is 1. The van der Waals surface area contributed by atoms with Gasteiger partial charge in [-0.25, -0.2) is 0 Å². The minimum atomic E-state index is -1.21. The van der Waals surface area contributed by atoms with Crippen molar-refractivity contribution in [2.45, 2.75) is 42.5 Å². The van der Waals surface area contributed by atoms with Crippen molar-refractivity contribution in [3.63, 3.8) is 0 Å². The van der Waals surface area contributed by atoms with Crippen LogP contribution < -0.4 is 14.9 Å². The van der Waals surface area contributed by atoms with E-state index < -0.39 is 11.4 Å². The third kappa shape index (κ3) is 4.30. The second-order valence-electron chi connectivity index (χ2n) is 8.50. The van der Waals surface area contributed by atoms with Gasteiger partial charge in [-0.2, -0.15) is 4.31 Å². The van der Waals surface area contributed by atoms with Gasteiger partial charge in [0.05, 0.1) is 12.2 Å². The van der Waals surface area contributed by atoms with Crippen LogP contribution in [0.5, 0.6) is 0 Å². The highest BCUT2D eigenvalue weighted by molar-refractivity contribution is 7.92. The molecule has 2 N–H and O–H groups in total. The van der Waals surface area contributed by atoms with E-state index in [1.807, 2.05) is 22.5 Å². The van der Waals surface area contributed by atoms with Crippen molar-refractivity contribution in [2.75, 3.05) is 30.5 Å². The van der Waals surface area contributed by atoms with Gasteiger partial charge in [0.1, 0.15) is 11.4 Å². The fraction of sp³-hybridized carbons (Fsp3) is 0.478. The lowest BCUT2D eigenvalue weighted by Gasteiger charge is -2.23. The van der Waals surface area contributed by atoms with E-state index in [4.69, 9.17) is 11.6 Å². The first-order valence-corrected chi connectivity index (χ1v) is 12.2. The fourth-order valence-electron chi connectivity index (χ4n) is 4.69. The minimum Gasteiger partial charge on any atom is -0.588 e. The molecule has 1 saturated heterocycles. The fourth-order valence-corrected chi connectivity index (χ4v) is 6.24. The minimum absolute atomic E-state index is 0.626. The Balaban J connectivity index is 1.22. The van der Waals surface area contributed by atoms with Gasteiger partial charge in [-0.15, -0.1) is 0 Å². The zero-order valence-electron chi connectivity index (χ0n) is 16.6. The summed E-state index contributed by atoms with van der Waals surface area (Å²) in [5.74, 6) is 1.46. The summed E-state index contributed by atoms with van der Waals surface area (Å²) in [6.45, 7) is 4.27. The molecule has 2 aliphatic heterocycles. The van der Waals surface area contributed by atoms with E-state index in [9.17, 15) is 4.55 Å². The van der Waals surface area contributed by atoms with Gasteiger partial charge in [0.2, 0.25) is 0 Å². The second-order valence-corrected chi connectivity index (χ2v) is 10.3. The Hall–Kier alpha value is -1.24. The molecule has 5 rings (SSSR count). The molecule has 1 saturated carbocycles.